The van der Waals surface area contributed by atoms with Gasteiger partial charge in [0.2, 0.25) is 5.91 Å². The van der Waals surface area contributed by atoms with E-state index in [9.17, 15) is 9.90 Å². The van der Waals surface area contributed by atoms with Crippen LogP contribution in [0.3, 0.4) is 0 Å². The summed E-state index contributed by atoms with van der Waals surface area (Å²) < 4.78 is 11.6. The van der Waals surface area contributed by atoms with E-state index < -0.39 is 12.2 Å². The Balaban J connectivity index is 1.20. The van der Waals surface area contributed by atoms with Crippen molar-refractivity contribution < 1.29 is 19.4 Å². The second-order valence-corrected chi connectivity index (χ2v) is 8.63. The van der Waals surface area contributed by atoms with Crippen molar-refractivity contribution in [3.8, 4) is 11.5 Å². The van der Waals surface area contributed by atoms with Crippen molar-refractivity contribution >= 4 is 34.8 Å². The van der Waals surface area contributed by atoms with E-state index in [1.165, 1.54) is 0 Å². The number of benzene rings is 2. The van der Waals surface area contributed by atoms with Gasteiger partial charge in [-0.3, -0.25) is 14.6 Å². The number of hydrogen-bond donors (Lipinski definition) is 2. The fourth-order valence-electron chi connectivity index (χ4n) is 3.70. The van der Waals surface area contributed by atoms with Crippen LogP contribution in [0.2, 0.25) is 10.0 Å². The maximum atomic E-state index is 12.3. The number of aliphatic hydroxyl groups is 1. The first-order valence-corrected chi connectivity index (χ1v) is 11.0. The average Bonchev–Trinajstić information content (AvgIpc) is 2.76. The van der Waals surface area contributed by atoms with Crippen LogP contribution in [-0.4, -0.2) is 78.9 Å². The monoisotopic (exact) mass is 465 g/mol. The van der Waals surface area contributed by atoms with Crippen LogP contribution in [0.4, 0.5) is 5.69 Å². The summed E-state index contributed by atoms with van der Waals surface area (Å²) in [6.45, 7) is 4.14. The van der Waals surface area contributed by atoms with Gasteiger partial charge in [-0.2, -0.15) is 0 Å². The minimum Gasteiger partial charge on any atom is -0.486 e. The van der Waals surface area contributed by atoms with Gasteiger partial charge in [-0.1, -0.05) is 23.2 Å². The van der Waals surface area contributed by atoms with Crippen molar-refractivity contribution in [3.63, 3.8) is 0 Å². The van der Waals surface area contributed by atoms with E-state index in [-0.39, 0.29) is 12.5 Å². The van der Waals surface area contributed by atoms with E-state index in [0.29, 0.717) is 34.6 Å². The molecule has 0 radical (unpaired) electrons. The number of hydrogen-bond acceptors (Lipinski definition) is 6. The number of piperazine rings is 1. The SMILES string of the molecule is O=C(CN1CCN(CC(O)C2COc3cc(Cl)ccc3O2)CC1)Nc1ccc(Cl)cc1. The van der Waals surface area contributed by atoms with Gasteiger partial charge >= 0.3 is 0 Å². The number of β-amino-alcohol motifs (C(OH)–C–C–N with tert-alkyl or cyclic N) is 1. The number of anilines is 1. The van der Waals surface area contributed by atoms with Gasteiger partial charge < -0.3 is 19.9 Å². The van der Waals surface area contributed by atoms with Crippen molar-refractivity contribution in [2.45, 2.75) is 12.2 Å². The highest BCUT2D eigenvalue weighted by Gasteiger charge is 2.30. The molecule has 2 heterocycles. The first kappa shape index (κ1) is 22.2. The van der Waals surface area contributed by atoms with Gasteiger partial charge in [-0.05, 0) is 36.4 Å². The van der Waals surface area contributed by atoms with E-state index in [1.54, 1.807) is 42.5 Å². The molecule has 2 N–H and O–H groups in total. The highest BCUT2D eigenvalue weighted by atomic mass is 35.5. The number of carbonyl (C=O) groups is 1. The molecule has 2 unspecified atom stereocenters. The summed E-state index contributed by atoms with van der Waals surface area (Å²) >= 11 is 11.8. The predicted octanol–water partition coefficient (Wildman–Crippen LogP) is 2.75. The molecule has 166 valence electrons. The number of halogens is 2. The van der Waals surface area contributed by atoms with Crippen molar-refractivity contribution in [3.05, 3.63) is 52.5 Å². The number of nitrogens with zero attached hydrogens (tertiary/aromatic N) is 2. The van der Waals surface area contributed by atoms with Gasteiger partial charge in [0.05, 0.1) is 6.54 Å². The molecule has 0 spiro atoms. The summed E-state index contributed by atoms with van der Waals surface area (Å²) in [5.41, 5.74) is 0.731. The maximum Gasteiger partial charge on any atom is 0.238 e. The molecule has 7 nitrogen and oxygen atoms in total. The molecule has 9 heteroatoms. The summed E-state index contributed by atoms with van der Waals surface area (Å²) in [7, 11) is 0. The van der Waals surface area contributed by atoms with E-state index >= 15 is 0 Å². The molecule has 0 aromatic heterocycles. The lowest BCUT2D eigenvalue weighted by molar-refractivity contribution is -0.117. The summed E-state index contributed by atoms with van der Waals surface area (Å²) in [4.78, 5) is 16.6. The second kappa shape index (κ2) is 10.1. The molecular formula is C22H25Cl2N3O4. The lowest BCUT2D eigenvalue weighted by Gasteiger charge is -2.37. The van der Waals surface area contributed by atoms with Crippen LogP contribution in [0.1, 0.15) is 0 Å². The third kappa shape index (κ3) is 6.02. The standard InChI is InChI=1S/C22H25Cl2N3O4/c23-15-1-4-17(5-2-15)25-22(29)13-27-9-7-26(8-10-27)12-18(28)21-14-30-20-11-16(24)3-6-19(20)31-21/h1-6,11,18,21,28H,7-10,12-14H2,(H,25,29). The largest absolute Gasteiger partial charge is 0.486 e. The van der Waals surface area contributed by atoms with Crippen LogP contribution in [0, 0.1) is 0 Å². The minimum absolute atomic E-state index is 0.0534. The molecule has 1 saturated heterocycles. The van der Waals surface area contributed by atoms with Crippen molar-refractivity contribution in [1.29, 1.82) is 0 Å². The van der Waals surface area contributed by atoms with Crippen molar-refractivity contribution in [2.24, 2.45) is 0 Å². The van der Waals surface area contributed by atoms with Crippen LogP contribution >= 0.6 is 23.2 Å². The number of carbonyl (C=O) groups excluding carboxylic acids is 1. The quantitative estimate of drug-likeness (QED) is 0.682. The number of aliphatic hydroxyl groups excluding tert-OH is 1. The van der Waals surface area contributed by atoms with Crippen molar-refractivity contribution in [1.82, 2.24) is 9.80 Å². The van der Waals surface area contributed by atoms with Crippen LogP contribution in [0.25, 0.3) is 0 Å². The van der Waals surface area contributed by atoms with Crippen LogP contribution in [-0.2, 0) is 4.79 Å². The Morgan fingerprint density at radius 1 is 1.03 bits per heavy atom. The molecule has 2 aromatic carbocycles. The highest BCUT2D eigenvalue weighted by Crippen LogP contribution is 2.34. The van der Waals surface area contributed by atoms with Gasteiger partial charge in [0.25, 0.3) is 0 Å². The Kier molecular flexibility index (Phi) is 7.20. The molecule has 1 fully saturated rings. The Morgan fingerprint density at radius 2 is 1.71 bits per heavy atom. The zero-order chi connectivity index (χ0) is 21.8. The summed E-state index contributed by atoms with van der Waals surface area (Å²) in [5.74, 6) is 1.14. The molecule has 2 aliphatic rings. The van der Waals surface area contributed by atoms with E-state index in [4.69, 9.17) is 32.7 Å². The van der Waals surface area contributed by atoms with Gasteiger partial charge in [0.15, 0.2) is 17.6 Å². The minimum atomic E-state index is -0.677. The van der Waals surface area contributed by atoms with Gasteiger partial charge in [-0.25, -0.2) is 0 Å². The molecule has 2 aromatic rings. The number of amides is 1. The Morgan fingerprint density at radius 3 is 2.45 bits per heavy atom. The summed E-state index contributed by atoms with van der Waals surface area (Å²) in [6.07, 6.45) is -1.11. The summed E-state index contributed by atoms with van der Waals surface area (Å²) in [6, 6.07) is 12.3. The fourth-order valence-corrected chi connectivity index (χ4v) is 3.99. The Bertz CT molecular complexity index is 904. The van der Waals surface area contributed by atoms with E-state index in [2.05, 4.69) is 15.1 Å². The normalized spacial score (nSPS) is 20.3. The first-order chi connectivity index (χ1) is 15.0. The number of nitrogens with one attached hydrogen (secondary N) is 1. The van der Waals surface area contributed by atoms with Gasteiger partial charge in [-0.15, -0.1) is 0 Å². The third-order valence-corrected chi connectivity index (χ3v) is 5.91. The van der Waals surface area contributed by atoms with E-state index in [1.807, 2.05) is 0 Å². The number of ether oxygens (including phenoxy) is 2. The number of rotatable bonds is 6. The van der Waals surface area contributed by atoms with Crippen molar-refractivity contribution in [2.75, 3.05) is 51.2 Å². The molecular weight excluding hydrogens is 441 g/mol. The average molecular weight is 466 g/mol. The molecule has 2 atom stereocenters. The molecule has 4 rings (SSSR count). The van der Waals surface area contributed by atoms with Crippen LogP contribution < -0.4 is 14.8 Å². The zero-order valence-electron chi connectivity index (χ0n) is 17.0. The molecule has 1 amide bonds. The Labute approximate surface area is 191 Å². The molecule has 31 heavy (non-hydrogen) atoms. The lowest BCUT2D eigenvalue weighted by atomic mass is 10.1. The number of fused-ring (bicyclic) bond motifs is 1. The highest BCUT2D eigenvalue weighted by molar-refractivity contribution is 6.31. The third-order valence-electron chi connectivity index (χ3n) is 5.42. The maximum absolute atomic E-state index is 12.3. The van der Waals surface area contributed by atoms with Crippen LogP contribution in [0.5, 0.6) is 11.5 Å². The van der Waals surface area contributed by atoms with E-state index in [0.717, 1.165) is 31.9 Å². The molecule has 0 bridgehead atoms. The molecule has 0 aliphatic carbocycles. The zero-order valence-corrected chi connectivity index (χ0v) is 18.5. The second-order valence-electron chi connectivity index (χ2n) is 7.76. The smallest absolute Gasteiger partial charge is 0.238 e. The predicted molar refractivity (Wildman–Crippen MR) is 120 cm³/mol. The van der Waals surface area contributed by atoms with Gasteiger partial charge in [0.1, 0.15) is 12.7 Å². The topological polar surface area (TPSA) is 74.3 Å². The lowest BCUT2D eigenvalue weighted by Crippen LogP contribution is -2.53. The van der Waals surface area contributed by atoms with Gasteiger partial charge in [0, 0.05) is 54.5 Å². The summed E-state index contributed by atoms with van der Waals surface area (Å²) in [5, 5.41) is 14.7. The Hall–Kier alpha value is -2.03. The molecule has 0 saturated carbocycles. The first-order valence-electron chi connectivity index (χ1n) is 10.2. The molecule has 2 aliphatic heterocycles. The van der Waals surface area contributed by atoms with Crippen LogP contribution in [0.15, 0.2) is 42.5 Å². The fraction of sp³-hybridized carbons (Fsp3) is 0.409.